The Balaban J connectivity index is 1.57. The predicted molar refractivity (Wildman–Crippen MR) is 86.7 cm³/mol. The van der Waals surface area contributed by atoms with Crippen molar-refractivity contribution in [3.8, 4) is 0 Å². The Bertz CT molecular complexity index is 754. The molecule has 0 saturated carbocycles. The molecule has 0 unspecified atom stereocenters. The summed E-state index contributed by atoms with van der Waals surface area (Å²) in [6, 6.07) is 1.49. The van der Waals surface area contributed by atoms with Crippen LogP contribution in [0.2, 0.25) is 0 Å². The number of ether oxygens (including phenoxy) is 1. The van der Waals surface area contributed by atoms with Crippen LogP contribution in [0.25, 0.3) is 0 Å². The van der Waals surface area contributed by atoms with Crippen LogP contribution in [0.5, 0.6) is 0 Å². The van der Waals surface area contributed by atoms with Crippen LogP contribution < -0.4 is 5.56 Å². The Hall–Kier alpha value is -2.48. The topological polar surface area (TPSA) is 93.1 Å². The van der Waals surface area contributed by atoms with Crippen LogP contribution in [0.1, 0.15) is 29.4 Å². The van der Waals surface area contributed by atoms with E-state index in [4.69, 9.17) is 4.74 Å². The average Bonchev–Trinajstić information content (AvgIpc) is 3.09. The first kappa shape index (κ1) is 16.4. The summed E-state index contributed by atoms with van der Waals surface area (Å²) in [6.45, 7) is 4.35. The van der Waals surface area contributed by atoms with Gasteiger partial charge in [0.1, 0.15) is 0 Å². The molecule has 1 atom stereocenters. The van der Waals surface area contributed by atoms with Crippen molar-refractivity contribution in [1.82, 2.24) is 24.6 Å². The van der Waals surface area contributed by atoms with E-state index in [1.807, 2.05) is 6.92 Å². The molecule has 1 fully saturated rings. The quantitative estimate of drug-likeness (QED) is 0.859. The molecule has 3 rings (SSSR count). The third kappa shape index (κ3) is 3.88. The zero-order valence-electron chi connectivity index (χ0n) is 13.6. The average molecular weight is 331 g/mol. The highest BCUT2D eigenvalue weighted by molar-refractivity contribution is 5.93. The molecular formula is C16H21N5O3. The Labute approximate surface area is 139 Å². The SMILES string of the molecule is CCn1cc(C(=O)N2CCO[C@@H](CCc3cc(=O)[nH]cn3)C2)cn1. The van der Waals surface area contributed by atoms with Gasteiger partial charge in [0.2, 0.25) is 0 Å². The van der Waals surface area contributed by atoms with Gasteiger partial charge in [0.15, 0.2) is 0 Å². The number of amides is 1. The van der Waals surface area contributed by atoms with Crippen LogP contribution in [-0.4, -0.2) is 56.4 Å². The zero-order chi connectivity index (χ0) is 16.9. The Morgan fingerprint density at radius 3 is 3.12 bits per heavy atom. The first-order valence-corrected chi connectivity index (χ1v) is 8.12. The van der Waals surface area contributed by atoms with Gasteiger partial charge in [-0.05, 0) is 19.8 Å². The predicted octanol–water partition coefficient (Wildman–Crippen LogP) is 0.460. The summed E-state index contributed by atoms with van der Waals surface area (Å²) in [5.74, 6) is -0.0164. The molecule has 2 aromatic rings. The molecular weight excluding hydrogens is 310 g/mol. The lowest BCUT2D eigenvalue weighted by molar-refractivity contribution is -0.0247. The number of nitrogens with one attached hydrogen (secondary N) is 1. The lowest BCUT2D eigenvalue weighted by Crippen LogP contribution is -2.45. The number of aromatic amines is 1. The van der Waals surface area contributed by atoms with Gasteiger partial charge in [-0.15, -0.1) is 0 Å². The molecule has 8 nitrogen and oxygen atoms in total. The minimum atomic E-state index is -0.158. The van der Waals surface area contributed by atoms with Crippen molar-refractivity contribution in [2.75, 3.05) is 19.7 Å². The van der Waals surface area contributed by atoms with Gasteiger partial charge in [-0.3, -0.25) is 14.3 Å². The maximum atomic E-state index is 12.6. The summed E-state index contributed by atoms with van der Waals surface area (Å²) in [6.07, 6.45) is 6.09. The number of nitrogens with zero attached hydrogens (tertiary/aromatic N) is 4. The molecule has 1 aliphatic heterocycles. The number of carbonyl (C=O) groups excluding carboxylic acids is 1. The highest BCUT2D eigenvalue weighted by Crippen LogP contribution is 2.14. The van der Waals surface area contributed by atoms with Crippen molar-refractivity contribution < 1.29 is 9.53 Å². The molecule has 3 heterocycles. The van der Waals surface area contributed by atoms with Gasteiger partial charge in [0, 0.05) is 37.6 Å². The molecule has 128 valence electrons. The van der Waals surface area contributed by atoms with E-state index in [-0.39, 0.29) is 17.6 Å². The minimum Gasteiger partial charge on any atom is -0.375 e. The van der Waals surface area contributed by atoms with E-state index < -0.39 is 0 Å². The normalized spacial score (nSPS) is 17.9. The molecule has 8 heteroatoms. The molecule has 1 amide bonds. The summed E-state index contributed by atoms with van der Waals surface area (Å²) in [4.78, 5) is 32.3. The Kier molecular flexibility index (Phi) is 5.05. The fourth-order valence-corrected chi connectivity index (χ4v) is 2.76. The molecule has 0 bridgehead atoms. The van der Waals surface area contributed by atoms with Crippen LogP contribution in [0.3, 0.4) is 0 Å². The molecule has 0 radical (unpaired) electrons. The third-order valence-corrected chi connectivity index (χ3v) is 4.09. The second kappa shape index (κ2) is 7.39. The van der Waals surface area contributed by atoms with E-state index in [0.29, 0.717) is 38.1 Å². The van der Waals surface area contributed by atoms with E-state index in [0.717, 1.165) is 12.2 Å². The highest BCUT2D eigenvalue weighted by atomic mass is 16.5. The monoisotopic (exact) mass is 331 g/mol. The number of hydrogen-bond acceptors (Lipinski definition) is 5. The number of H-pyrrole nitrogens is 1. The van der Waals surface area contributed by atoms with Gasteiger partial charge >= 0.3 is 0 Å². The molecule has 0 aliphatic carbocycles. The van der Waals surface area contributed by atoms with Gasteiger partial charge in [-0.2, -0.15) is 5.10 Å². The molecule has 2 aromatic heterocycles. The van der Waals surface area contributed by atoms with Gasteiger partial charge < -0.3 is 14.6 Å². The lowest BCUT2D eigenvalue weighted by atomic mass is 10.1. The number of rotatable bonds is 5. The molecule has 1 saturated heterocycles. The molecule has 0 spiro atoms. The smallest absolute Gasteiger partial charge is 0.257 e. The van der Waals surface area contributed by atoms with E-state index >= 15 is 0 Å². The number of carbonyl (C=O) groups is 1. The van der Waals surface area contributed by atoms with Crippen LogP contribution in [-0.2, 0) is 17.7 Å². The van der Waals surface area contributed by atoms with E-state index in [9.17, 15) is 9.59 Å². The number of aromatic nitrogens is 4. The van der Waals surface area contributed by atoms with Crippen LogP contribution in [0, 0.1) is 0 Å². The lowest BCUT2D eigenvalue weighted by Gasteiger charge is -2.32. The van der Waals surface area contributed by atoms with E-state index in [2.05, 4.69) is 15.1 Å². The number of hydrogen-bond donors (Lipinski definition) is 1. The van der Waals surface area contributed by atoms with Crippen molar-refractivity contribution in [2.24, 2.45) is 0 Å². The molecule has 0 aromatic carbocycles. The first-order chi connectivity index (χ1) is 11.7. The maximum Gasteiger partial charge on any atom is 0.257 e. The van der Waals surface area contributed by atoms with Gasteiger partial charge in [-0.1, -0.05) is 0 Å². The largest absolute Gasteiger partial charge is 0.375 e. The summed E-state index contributed by atoms with van der Waals surface area (Å²) < 4.78 is 7.48. The van der Waals surface area contributed by atoms with Crippen LogP contribution >= 0.6 is 0 Å². The van der Waals surface area contributed by atoms with Gasteiger partial charge in [-0.25, -0.2) is 4.98 Å². The van der Waals surface area contributed by atoms with Gasteiger partial charge in [0.25, 0.3) is 11.5 Å². The van der Waals surface area contributed by atoms with Crippen LogP contribution in [0.4, 0.5) is 0 Å². The van der Waals surface area contributed by atoms with Crippen molar-refractivity contribution in [1.29, 1.82) is 0 Å². The number of morpholine rings is 1. The standard InChI is InChI=1S/C16H21N5O3/c1-2-21-9-12(8-19-21)16(23)20-5-6-24-14(10-20)4-3-13-7-15(22)18-11-17-13/h7-9,11,14H,2-6,10H2,1H3,(H,17,18,22)/t14-/m0/s1. The second-order valence-corrected chi connectivity index (χ2v) is 5.77. The van der Waals surface area contributed by atoms with Crippen molar-refractivity contribution in [3.63, 3.8) is 0 Å². The van der Waals surface area contributed by atoms with Gasteiger partial charge in [0.05, 0.1) is 30.8 Å². The summed E-state index contributed by atoms with van der Waals surface area (Å²) >= 11 is 0. The Morgan fingerprint density at radius 2 is 2.38 bits per heavy atom. The van der Waals surface area contributed by atoms with Crippen LogP contribution in [0.15, 0.2) is 29.6 Å². The Morgan fingerprint density at radius 1 is 1.50 bits per heavy atom. The maximum absolute atomic E-state index is 12.6. The zero-order valence-corrected chi connectivity index (χ0v) is 13.6. The van der Waals surface area contributed by atoms with Crippen molar-refractivity contribution >= 4 is 5.91 Å². The van der Waals surface area contributed by atoms with E-state index in [1.165, 1.54) is 12.4 Å². The molecule has 1 N–H and O–H groups in total. The number of aryl methyl sites for hydroxylation is 2. The van der Waals surface area contributed by atoms with Crippen molar-refractivity contribution in [2.45, 2.75) is 32.4 Å². The van der Waals surface area contributed by atoms with E-state index in [1.54, 1.807) is 22.0 Å². The summed E-state index contributed by atoms with van der Waals surface area (Å²) in [5.41, 5.74) is 1.18. The molecule has 1 aliphatic rings. The first-order valence-electron chi connectivity index (χ1n) is 8.12. The third-order valence-electron chi connectivity index (χ3n) is 4.09. The molecule has 24 heavy (non-hydrogen) atoms. The summed E-state index contributed by atoms with van der Waals surface area (Å²) in [5, 5.41) is 4.15. The summed E-state index contributed by atoms with van der Waals surface area (Å²) in [7, 11) is 0. The minimum absolute atomic E-state index is 0.0164. The highest BCUT2D eigenvalue weighted by Gasteiger charge is 2.25. The fourth-order valence-electron chi connectivity index (χ4n) is 2.76. The second-order valence-electron chi connectivity index (χ2n) is 5.77. The fraction of sp³-hybridized carbons (Fsp3) is 0.500. The van der Waals surface area contributed by atoms with Crippen molar-refractivity contribution in [3.05, 3.63) is 46.4 Å².